The molecule has 1 aliphatic rings. The zero-order chi connectivity index (χ0) is 13.9. The van der Waals surface area contributed by atoms with E-state index in [1.165, 1.54) is 0 Å². The van der Waals surface area contributed by atoms with Crippen molar-refractivity contribution in [1.82, 2.24) is 5.32 Å². The molecule has 0 amide bonds. The third kappa shape index (κ3) is 2.33. The quantitative estimate of drug-likeness (QED) is 0.491. The molecule has 0 bridgehead atoms. The standard InChI is InChI=1S/C14H17NO4/c1-3-18-12(16)14(13(17)19-4-2)11(15-14)10-8-6-5-7-9-10/h5-9,11,15H,3-4H2,1-2H3. The molecule has 5 nitrogen and oxygen atoms in total. The molecule has 1 heterocycles. The van der Waals surface area contributed by atoms with Gasteiger partial charge in [-0.1, -0.05) is 30.3 Å². The highest BCUT2D eigenvalue weighted by molar-refractivity contribution is 6.10. The van der Waals surface area contributed by atoms with Crippen molar-refractivity contribution in [1.29, 1.82) is 0 Å². The lowest BCUT2D eigenvalue weighted by Gasteiger charge is -2.12. The first-order valence-corrected chi connectivity index (χ1v) is 6.33. The molecule has 0 aromatic heterocycles. The van der Waals surface area contributed by atoms with Gasteiger partial charge in [0.05, 0.1) is 19.3 Å². The van der Waals surface area contributed by atoms with Crippen LogP contribution in [0.5, 0.6) is 0 Å². The average Bonchev–Trinajstić information content (AvgIpc) is 3.17. The minimum Gasteiger partial charge on any atom is -0.464 e. The molecule has 1 aromatic carbocycles. The maximum atomic E-state index is 12.0. The van der Waals surface area contributed by atoms with Gasteiger partial charge in [0.25, 0.3) is 0 Å². The maximum Gasteiger partial charge on any atom is 0.340 e. The highest BCUT2D eigenvalue weighted by atomic mass is 16.6. The van der Waals surface area contributed by atoms with Crippen LogP contribution in [0.15, 0.2) is 30.3 Å². The van der Waals surface area contributed by atoms with Gasteiger partial charge in [0, 0.05) is 0 Å². The normalized spacial score (nSPS) is 19.6. The predicted molar refractivity (Wildman–Crippen MR) is 68.3 cm³/mol. The SMILES string of the molecule is CCOC(=O)C1(C(=O)OCC)NC1c1ccccc1. The van der Waals surface area contributed by atoms with Crippen molar-refractivity contribution in [3.63, 3.8) is 0 Å². The summed E-state index contributed by atoms with van der Waals surface area (Å²) in [6.07, 6.45) is 0. The molecule has 1 fully saturated rings. The van der Waals surface area contributed by atoms with E-state index in [1.807, 2.05) is 30.3 Å². The van der Waals surface area contributed by atoms with Crippen LogP contribution < -0.4 is 5.32 Å². The third-order valence-corrected chi connectivity index (χ3v) is 3.05. The molecule has 1 aromatic rings. The van der Waals surface area contributed by atoms with Gasteiger partial charge in [-0.05, 0) is 19.4 Å². The summed E-state index contributed by atoms with van der Waals surface area (Å²) >= 11 is 0. The monoisotopic (exact) mass is 263 g/mol. The van der Waals surface area contributed by atoms with Crippen LogP contribution >= 0.6 is 0 Å². The molecule has 102 valence electrons. The number of rotatable bonds is 5. The Hall–Kier alpha value is -1.88. The number of esters is 2. The molecule has 5 heteroatoms. The van der Waals surface area contributed by atoms with E-state index in [2.05, 4.69) is 5.32 Å². The molecule has 1 atom stereocenters. The van der Waals surface area contributed by atoms with Crippen molar-refractivity contribution in [2.24, 2.45) is 0 Å². The number of ether oxygens (including phenoxy) is 2. The van der Waals surface area contributed by atoms with E-state index in [0.717, 1.165) is 5.56 Å². The van der Waals surface area contributed by atoms with Crippen LogP contribution in [0.25, 0.3) is 0 Å². The van der Waals surface area contributed by atoms with Gasteiger partial charge in [-0.25, -0.2) is 9.59 Å². The zero-order valence-electron chi connectivity index (χ0n) is 11.0. The van der Waals surface area contributed by atoms with Crippen molar-refractivity contribution in [3.05, 3.63) is 35.9 Å². The van der Waals surface area contributed by atoms with Crippen molar-refractivity contribution in [2.45, 2.75) is 25.4 Å². The summed E-state index contributed by atoms with van der Waals surface area (Å²) in [7, 11) is 0. The number of carbonyl (C=O) groups excluding carboxylic acids is 2. The summed E-state index contributed by atoms with van der Waals surface area (Å²) in [6, 6.07) is 8.93. The molecule has 1 saturated heterocycles. The van der Waals surface area contributed by atoms with Gasteiger partial charge in [0.2, 0.25) is 5.54 Å². The summed E-state index contributed by atoms with van der Waals surface area (Å²) in [4.78, 5) is 24.1. The smallest absolute Gasteiger partial charge is 0.340 e. The van der Waals surface area contributed by atoms with Crippen LogP contribution in [0.1, 0.15) is 25.5 Å². The molecule has 0 spiro atoms. The fraction of sp³-hybridized carbons (Fsp3) is 0.429. The molecule has 19 heavy (non-hydrogen) atoms. The van der Waals surface area contributed by atoms with Crippen LogP contribution in [0.4, 0.5) is 0 Å². The van der Waals surface area contributed by atoms with E-state index < -0.39 is 17.5 Å². The Balaban J connectivity index is 2.24. The van der Waals surface area contributed by atoms with Gasteiger partial charge in [0.15, 0.2) is 0 Å². The van der Waals surface area contributed by atoms with E-state index in [-0.39, 0.29) is 19.3 Å². The Morgan fingerprint density at radius 1 is 1.11 bits per heavy atom. The predicted octanol–water partition coefficient (Wildman–Crippen LogP) is 1.20. The van der Waals surface area contributed by atoms with Crippen LogP contribution in [0.2, 0.25) is 0 Å². The maximum absolute atomic E-state index is 12.0. The second kappa shape index (κ2) is 5.40. The molecule has 0 saturated carbocycles. The first kappa shape index (κ1) is 13.5. The Morgan fingerprint density at radius 2 is 1.63 bits per heavy atom. The van der Waals surface area contributed by atoms with Gasteiger partial charge in [-0.15, -0.1) is 0 Å². The van der Waals surface area contributed by atoms with Gasteiger partial charge in [0.1, 0.15) is 0 Å². The summed E-state index contributed by atoms with van der Waals surface area (Å²) < 4.78 is 9.97. The average molecular weight is 263 g/mol. The Kier molecular flexibility index (Phi) is 3.85. The molecule has 0 radical (unpaired) electrons. The highest BCUT2D eigenvalue weighted by Crippen LogP contribution is 2.42. The topological polar surface area (TPSA) is 74.5 Å². The molecule has 1 N–H and O–H groups in total. The van der Waals surface area contributed by atoms with Crippen molar-refractivity contribution in [2.75, 3.05) is 13.2 Å². The Bertz CT molecular complexity index is 454. The molecule has 0 aliphatic carbocycles. The Morgan fingerprint density at radius 3 is 2.11 bits per heavy atom. The number of hydrogen-bond acceptors (Lipinski definition) is 5. The second-order valence-corrected chi connectivity index (χ2v) is 4.24. The van der Waals surface area contributed by atoms with Crippen LogP contribution in [0, 0.1) is 0 Å². The number of hydrogen-bond donors (Lipinski definition) is 1. The van der Waals surface area contributed by atoms with E-state index in [1.54, 1.807) is 13.8 Å². The second-order valence-electron chi connectivity index (χ2n) is 4.24. The van der Waals surface area contributed by atoms with Crippen LogP contribution in [0.3, 0.4) is 0 Å². The van der Waals surface area contributed by atoms with Crippen molar-refractivity contribution in [3.8, 4) is 0 Å². The largest absolute Gasteiger partial charge is 0.464 e. The van der Waals surface area contributed by atoms with E-state index in [4.69, 9.17) is 9.47 Å². The van der Waals surface area contributed by atoms with E-state index >= 15 is 0 Å². The molecule has 1 aliphatic heterocycles. The molecular formula is C14H17NO4. The highest BCUT2D eigenvalue weighted by Gasteiger charge is 2.68. The van der Waals surface area contributed by atoms with Gasteiger partial charge < -0.3 is 9.47 Å². The summed E-state index contributed by atoms with van der Waals surface area (Å²) in [5.74, 6) is -1.16. The third-order valence-electron chi connectivity index (χ3n) is 3.05. The minimum absolute atomic E-state index is 0.225. The van der Waals surface area contributed by atoms with E-state index in [9.17, 15) is 9.59 Å². The fourth-order valence-electron chi connectivity index (χ4n) is 2.09. The summed E-state index contributed by atoms with van der Waals surface area (Å²) in [5.41, 5.74) is -0.517. The van der Waals surface area contributed by atoms with Crippen molar-refractivity contribution < 1.29 is 19.1 Å². The summed E-state index contributed by atoms with van der Waals surface area (Å²) in [5, 5.41) is 2.92. The number of nitrogens with one attached hydrogen (secondary N) is 1. The fourth-order valence-corrected chi connectivity index (χ4v) is 2.09. The van der Waals surface area contributed by atoms with Crippen LogP contribution in [-0.2, 0) is 19.1 Å². The lowest BCUT2D eigenvalue weighted by Crippen LogP contribution is -2.40. The number of benzene rings is 1. The lowest BCUT2D eigenvalue weighted by atomic mass is 9.99. The van der Waals surface area contributed by atoms with Gasteiger partial charge in [-0.3, -0.25) is 5.32 Å². The number of carbonyl (C=O) groups is 2. The first-order chi connectivity index (χ1) is 9.16. The summed E-state index contributed by atoms with van der Waals surface area (Å²) in [6.45, 7) is 3.86. The van der Waals surface area contributed by atoms with Gasteiger partial charge >= 0.3 is 11.9 Å². The van der Waals surface area contributed by atoms with Crippen molar-refractivity contribution >= 4 is 11.9 Å². The van der Waals surface area contributed by atoms with Gasteiger partial charge in [-0.2, -0.15) is 0 Å². The Labute approximate surface area is 111 Å². The van der Waals surface area contributed by atoms with E-state index in [0.29, 0.717) is 0 Å². The lowest BCUT2D eigenvalue weighted by molar-refractivity contribution is -0.159. The molecule has 2 rings (SSSR count). The molecule has 1 unspecified atom stereocenters. The first-order valence-electron chi connectivity index (χ1n) is 6.33. The molecular weight excluding hydrogens is 246 g/mol. The minimum atomic E-state index is -1.38. The van der Waals surface area contributed by atoms with Crippen LogP contribution in [-0.4, -0.2) is 30.7 Å². The zero-order valence-corrected chi connectivity index (χ0v) is 11.0.